The zero-order valence-corrected chi connectivity index (χ0v) is 41.8. The van der Waals surface area contributed by atoms with Crippen LogP contribution in [0.5, 0.6) is 0 Å². The molecule has 0 amide bonds. The molecule has 0 aliphatic rings. The largest absolute Gasteiger partial charge is 3.00 e. The van der Waals surface area contributed by atoms with Crippen molar-refractivity contribution in [2.75, 3.05) is 0 Å². The summed E-state index contributed by atoms with van der Waals surface area (Å²) < 4.78 is 0. The summed E-state index contributed by atoms with van der Waals surface area (Å²) in [6, 6.07) is 0. The van der Waals surface area contributed by atoms with E-state index in [9.17, 15) is 0 Å². The van der Waals surface area contributed by atoms with Gasteiger partial charge in [0.1, 0.15) is 0 Å². The third-order valence-corrected chi connectivity index (χ3v) is 0. The predicted molar refractivity (Wildman–Crippen MR) is 88.7 cm³/mol. The molecule has 0 aromatic carbocycles. The molecule has 0 aromatic rings. The van der Waals surface area contributed by atoms with Crippen LogP contribution in [0.3, 0.4) is 0 Å². The summed E-state index contributed by atoms with van der Waals surface area (Å²) in [5, 5.41) is 0. The van der Waals surface area contributed by atoms with Crippen LogP contribution in [0, 0.1) is 0 Å². The van der Waals surface area contributed by atoms with Gasteiger partial charge in [-0.25, -0.2) is 0 Å². The Morgan fingerprint density at radius 1 is 0.217 bits per heavy atom. The average molecular weight is 985 g/mol. The summed E-state index contributed by atoms with van der Waals surface area (Å²) in [5.74, 6) is 0. The van der Waals surface area contributed by atoms with Crippen LogP contribution < -0.4 is 0 Å². The van der Waals surface area contributed by atoms with Crippen molar-refractivity contribution in [3.05, 3.63) is 67.7 Å². The summed E-state index contributed by atoms with van der Waals surface area (Å²) >= 11 is 0. The summed E-state index contributed by atoms with van der Waals surface area (Å²) in [5.41, 5.74) is 0. The van der Waals surface area contributed by atoms with E-state index in [1.54, 1.807) is 0 Å². The van der Waals surface area contributed by atoms with Gasteiger partial charge in [0.2, 0.25) is 0 Å². The van der Waals surface area contributed by atoms with Gasteiger partial charge in [0.05, 0.1) is 0 Å². The molecule has 0 unspecified atom stereocenters. The van der Waals surface area contributed by atoms with Crippen LogP contribution in [-0.2, 0) is 58.4 Å². The zero-order valence-electron chi connectivity index (χ0n) is 12.2. The Labute approximate surface area is 308 Å². The molecule has 0 fully saturated rings. The van der Waals surface area contributed by atoms with Gasteiger partial charge in [0.25, 0.3) is 0 Å². The van der Waals surface area contributed by atoms with Gasteiger partial charge in [-0.05, 0) is 0 Å². The van der Waals surface area contributed by atoms with Gasteiger partial charge in [0.15, 0.2) is 0 Å². The molecule has 0 saturated heterocycles. The number of nitrogens with zero attached hydrogens (tertiary/aromatic N) is 11. The van der Waals surface area contributed by atoms with E-state index in [0.717, 1.165) is 0 Å². The first-order valence-corrected chi connectivity index (χ1v) is 0. The third kappa shape index (κ3) is 394. The Morgan fingerprint density at radius 2 is 0.217 bits per heavy atom. The Hall–Kier alpha value is 7.55. The van der Waals surface area contributed by atoms with Crippen molar-refractivity contribution in [3.8, 4) is 0 Å². The van der Waals surface area contributed by atoms with Crippen molar-refractivity contribution in [2.24, 2.45) is 0 Å². The molecule has 23 heteroatoms. The fourth-order valence-corrected chi connectivity index (χ4v) is 0. The summed E-state index contributed by atoms with van der Waals surface area (Å²) in [6.07, 6.45) is 0. The smallest absolute Gasteiger partial charge is 3.00 e. The van der Waals surface area contributed by atoms with E-state index >= 15 is 0 Å². The van der Waals surface area contributed by atoms with Crippen molar-refractivity contribution in [1.82, 2.24) is 0 Å². The molecular formula is Al3Ga3In3N11Zn3. The molecule has 0 N–H and O–H groups in total. The molecule has 0 atom stereocenters. The summed E-state index contributed by atoms with van der Waals surface area (Å²) in [4.78, 5) is 0. The molecule has 0 bridgehead atoms. The minimum atomic E-state index is 0. The molecular weight excluding hydrogens is 985 g/mol. The van der Waals surface area contributed by atoms with Gasteiger partial charge in [0, 0.05) is 0 Å². The minimum absolute atomic E-state index is 0. The van der Waals surface area contributed by atoms with Crippen molar-refractivity contribution in [2.45, 2.75) is 0 Å². The normalized spacial score (nSPS) is 0. The van der Waals surface area contributed by atoms with Crippen LogP contribution in [-0.4, -0.2) is 189 Å². The monoisotopic (exact) mass is 978 g/mol. The molecule has 0 aliphatic carbocycles. The summed E-state index contributed by atoms with van der Waals surface area (Å²) in [7, 11) is 0. The van der Waals surface area contributed by atoms with Crippen molar-refractivity contribution in [1.29, 1.82) is 0 Å². The molecule has 0 spiro atoms. The first-order valence-electron chi connectivity index (χ1n) is 0. The van der Waals surface area contributed by atoms with Crippen LogP contribution in [0.25, 0.3) is 67.7 Å². The van der Waals surface area contributed by atoms with Gasteiger partial charge >= 0.3 is 247 Å². The fourth-order valence-electron chi connectivity index (χ4n) is 0. The van der Waals surface area contributed by atoms with E-state index in [1.165, 1.54) is 0 Å². The van der Waals surface area contributed by atoms with E-state index in [0.29, 0.717) is 0 Å². The van der Waals surface area contributed by atoms with Crippen LogP contribution >= 0.6 is 0 Å². The minimum Gasteiger partial charge on any atom is -3.00 e. The van der Waals surface area contributed by atoms with Gasteiger partial charge in [-0.15, -0.1) is 0 Å². The van der Waals surface area contributed by atoms with E-state index in [1.807, 2.05) is 0 Å². The number of rotatable bonds is 0. The number of hydrogen-bond acceptors (Lipinski definition) is 0. The molecule has 0 saturated carbocycles. The Balaban J connectivity index is 0. The van der Waals surface area contributed by atoms with Crippen LogP contribution in [0.15, 0.2) is 0 Å². The number of hydrogen-bond donors (Lipinski definition) is 0. The second kappa shape index (κ2) is 423. The van der Waals surface area contributed by atoms with Crippen molar-refractivity contribution < 1.29 is 58.4 Å². The fraction of sp³-hybridized carbons (Fsp3) is 0. The molecule has 0 aliphatic heterocycles. The standard InChI is InChI=1S/3Al.3Ga.3In.11N.3Zn/q9*+3;11*-3;3*+2. The van der Waals surface area contributed by atoms with Gasteiger partial charge in [-0.2, -0.15) is 0 Å². The molecule has 23 heavy (non-hydrogen) atoms. The first-order chi connectivity index (χ1) is 0. The molecule has 88 valence electrons. The van der Waals surface area contributed by atoms with Crippen molar-refractivity contribution >= 4 is 189 Å². The zero-order chi connectivity index (χ0) is 0. The van der Waals surface area contributed by atoms with E-state index < -0.39 is 0 Å². The van der Waals surface area contributed by atoms with Gasteiger partial charge < -0.3 is 67.7 Å². The van der Waals surface area contributed by atoms with Gasteiger partial charge in [-0.1, -0.05) is 0 Å². The molecule has 0 radical (unpaired) electrons. The Bertz CT molecular complexity index is 47.0. The maximum Gasteiger partial charge on any atom is 3.00 e. The van der Waals surface area contributed by atoms with Crippen LogP contribution in [0.4, 0.5) is 0 Å². The predicted octanol–water partition coefficient (Wildman–Crippen LogP) is -0.259. The maximum atomic E-state index is 0. The van der Waals surface area contributed by atoms with Gasteiger partial charge in [-0.3, -0.25) is 0 Å². The van der Waals surface area contributed by atoms with Crippen LogP contribution in [0.2, 0.25) is 0 Å². The first kappa shape index (κ1) is 468. The maximum absolute atomic E-state index is 0. The third-order valence-electron chi connectivity index (χ3n) is 0. The van der Waals surface area contributed by atoms with Crippen molar-refractivity contribution in [3.63, 3.8) is 0 Å². The molecule has 0 aromatic heterocycles. The molecule has 11 nitrogen and oxygen atoms in total. The second-order valence-corrected chi connectivity index (χ2v) is 0. The molecule has 0 rings (SSSR count). The molecule has 0 heterocycles. The topological polar surface area (TPSA) is 336 Å². The van der Waals surface area contributed by atoms with Crippen LogP contribution in [0.1, 0.15) is 0 Å². The Morgan fingerprint density at radius 3 is 0.217 bits per heavy atom. The van der Waals surface area contributed by atoms with E-state index in [2.05, 4.69) is 0 Å². The SMILES string of the molecule is [Al+3].[Al+3].[Al+3].[Ga+3].[Ga+3].[Ga+3].[In+3].[In+3].[In+3].[N-3].[N-3].[N-3].[N-3].[N-3].[N-3].[N-3].[N-3].[N-3].[N-3].[N-3].[Zn+2].[Zn+2].[Zn+2]. The van der Waals surface area contributed by atoms with E-state index in [4.69, 9.17) is 0 Å². The Kier molecular flexibility index (Phi) is 8610. The average Bonchev–Trinajstić information content (AvgIpc) is 0. The van der Waals surface area contributed by atoms with E-state index in [-0.39, 0.29) is 315 Å². The quantitative estimate of drug-likeness (QED) is 0.284. The summed E-state index contributed by atoms with van der Waals surface area (Å²) in [6.45, 7) is 0. The second-order valence-electron chi connectivity index (χ2n) is 0.